The lowest BCUT2D eigenvalue weighted by atomic mass is 10.0. The first-order valence-electron chi connectivity index (χ1n) is 4.61. The van der Waals surface area contributed by atoms with E-state index in [-0.39, 0.29) is 12.2 Å². The topological polar surface area (TPSA) is 42.6 Å². The maximum atomic E-state index is 9.45. The van der Waals surface area contributed by atoms with Gasteiger partial charge < -0.3 is 14.3 Å². The molecule has 72 valence electrons. The van der Waals surface area contributed by atoms with E-state index >= 15 is 0 Å². The second-order valence-corrected chi connectivity index (χ2v) is 3.51. The van der Waals surface area contributed by atoms with Gasteiger partial charge in [0.1, 0.15) is 11.9 Å². The minimum absolute atomic E-state index is 0.0567. The quantitative estimate of drug-likeness (QED) is 0.720. The molecule has 3 heteroatoms. The van der Waals surface area contributed by atoms with Gasteiger partial charge in [0.05, 0.1) is 19.0 Å². The highest BCUT2D eigenvalue weighted by Crippen LogP contribution is 2.30. The van der Waals surface area contributed by atoms with Crippen LogP contribution in [0.3, 0.4) is 0 Å². The molecule has 0 saturated carbocycles. The molecule has 2 unspecified atom stereocenters. The summed E-state index contributed by atoms with van der Waals surface area (Å²) in [4.78, 5) is 0. The van der Waals surface area contributed by atoms with Crippen LogP contribution in [0.25, 0.3) is 0 Å². The van der Waals surface area contributed by atoms with Gasteiger partial charge in [0.15, 0.2) is 0 Å². The Bertz CT molecular complexity index is 279. The molecule has 13 heavy (non-hydrogen) atoms. The Labute approximate surface area is 77.3 Å². The number of rotatable bonds is 1. The number of aliphatic hydroxyl groups is 1. The van der Waals surface area contributed by atoms with E-state index in [9.17, 15) is 5.11 Å². The van der Waals surface area contributed by atoms with Crippen molar-refractivity contribution >= 4 is 0 Å². The zero-order chi connectivity index (χ0) is 9.26. The van der Waals surface area contributed by atoms with E-state index in [0.29, 0.717) is 13.0 Å². The molecule has 3 nitrogen and oxygen atoms in total. The van der Waals surface area contributed by atoms with Crippen molar-refractivity contribution in [3.63, 3.8) is 0 Å². The van der Waals surface area contributed by atoms with Crippen molar-refractivity contribution in [2.24, 2.45) is 0 Å². The van der Waals surface area contributed by atoms with Crippen LogP contribution in [0.2, 0.25) is 0 Å². The first kappa shape index (κ1) is 8.78. The van der Waals surface area contributed by atoms with Gasteiger partial charge in [-0.1, -0.05) is 0 Å². The van der Waals surface area contributed by atoms with E-state index in [1.54, 1.807) is 6.26 Å². The minimum atomic E-state index is -0.247. The summed E-state index contributed by atoms with van der Waals surface area (Å²) in [5.74, 6) is 0.860. The van der Waals surface area contributed by atoms with Gasteiger partial charge >= 0.3 is 0 Å². The van der Waals surface area contributed by atoms with E-state index in [0.717, 1.165) is 17.7 Å². The molecule has 1 saturated heterocycles. The molecule has 2 atom stereocenters. The van der Waals surface area contributed by atoms with Crippen molar-refractivity contribution in [1.82, 2.24) is 0 Å². The molecule has 0 aromatic carbocycles. The SMILES string of the molecule is Cc1ccoc1C1CC(O)CCO1. The van der Waals surface area contributed by atoms with Gasteiger partial charge in [-0.2, -0.15) is 0 Å². The Morgan fingerprint density at radius 2 is 2.38 bits per heavy atom. The molecule has 0 bridgehead atoms. The van der Waals surface area contributed by atoms with Crippen molar-refractivity contribution in [3.05, 3.63) is 23.7 Å². The predicted molar refractivity (Wildman–Crippen MR) is 47.4 cm³/mol. The standard InChI is InChI=1S/C10H14O3/c1-7-2-4-13-10(7)9-6-8(11)3-5-12-9/h2,4,8-9,11H,3,5-6H2,1H3. The number of aryl methyl sites for hydroxylation is 1. The number of aliphatic hydroxyl groups excluding tert-OH is 1. The van der Waals surface area contributed by atoms with E-state index in [4.69, 9.17) is 9.15 Å². The predicted octanol–water partition coefficient (Wildman–Crippen LogP) is 1.80. The van der Waals surface area contributed by atoms with Crippen LogP contribution in [-0.2, 0) is 4.74 Å². The molecular formula is C10H14O3. The highest BCUT2D eigenvalue weighted by Gasteiger charge is 2.25. The Hall–Kier alpha value is -0.800. The number of hydrogen-bond acceptors (Lipinski definition) is 3. The maximum Gasteiger partial charge on any atom is 0.135 e. The van der Waals surface area contributed by atoms with Gasteiger partial charge in [0.25, 0.3) is 0 Å². The van der Waals surface area contributed by atoms with Crippen LogP contribution in [0.1, 0.15) is 30.3 Å². The fourth-order valence-electron chi connectivity index (χ4n) is 1.68. The van der Waals surface area contributed by atoms with Crippen LogP contribution >= 0.6 is 0 Å². The van der Waals surface area contributed by atoms with E-state index in [1.807, 2.05) is 13.0 Å². The summed E-state index contributed by atoms with van der Waals surface area (Å²) in [7, 11) is 0. The molecule has 1 aliphatic heterocycles. The third kappa shape index (κ3) is 1.76. The lowest BCUT2D eigenvalue weighted by Crippen LogP contribution is -2.23. The monoisotopic (exact) mass is 182 g/mol. The van der Waals surface area contributed by atoms with Crippen molar-refractivity contribution in [2.45, 2.75) is 32.0 Å². The van der Waals surface area contributed by atoms with Gasteiger partial charge in [-0.3, -0.25) is 0 Å². The number of hydrogen-bond donors (Lipinski definition) is 1. The molecule has 0 aliphatic carbocycles. The highest BCUT2D eigenvalue weighted by molar-refractivity contribution is 5.17. The first-order valence-corrected chi connectivity index (χ1v) is 4.61. The van der Waals surface area contributed by atoms with Crippen LogP contribution in [-0.4, -0.2) is 17.8 Å². The molecule has 2 rings (SSSR count). The number of ether oxygens (including phenoxy) is 1. The normalized spacial score (nSPS) is 29.1. The molecule has 2 heterocycles. The molecule has 0 radical (unpaired) electrons. The van der Waals surface area contributed by atoms with Gasteiger partial charge in [-0.15, -0.1) is 0 Å². The zero-order valence-corrected chi connectivity index (χ0v) is 7.69. The largest absolute Gasteiger partial charge is 0.466 e. The Kier molecular flexibility index (Phi) is 2.38. The molecule has 1 N–H and O–H groups in total. The summed E-state index contributed by atoms with van der Waals surface area (Å²) in [6.07, 6.45) is 2.74. The summed E-state index contributed by atoms with van der Waals surface area (Å²) in [6.45, 7) is 2.61. The summed E-state index contributed by atoms with van der Waals surface area (Å²) in [6, 6.07) is 1.92. The van der Waals surface area contributed by atoms with E-state index in [1.165, 1.54) is 0 Å². The summed E-state index contributed by atoms with van der Waals surface area (Å²) in [5.41, 5.74) is 1.10. The van der Waals surface area contributed by atoms with Crippen LogP contribution < -0.4 is 0 Å². The summed E-state index contributed by atoms with van der Waals surface area (Å²) < 4.78 is 10.8. The van der Waals surface area contributed by atoms with Crippen LogP contribution in [0.15, 0.2) is 16.7 Å². The smallest absolute Gasteiger partial charge is 0.135 e. The molecule has 1 aromatic heterocycles. The van der Waals surface area contributed by atoms with Gasteiger partial charge in [-0.05, 0) is 25.0 Å². The molecule has 1 fully saturated rings. The van der Waals surface area contributed by atoms with Crippen molar-refractivity contribution < 1.29 is 14.3 Å². The average Bonchev–Trinajstić information content (AvgIpc) is 2.51. The minimum Gasteiger partial charge on any atom is -0.466 e. The van der Waals surface area contributed by atoms with Crippen LogP contribution in [0.4, 0.5) is 0 Å². The fourth-order valence-corrected chi connectivity index (χ4v) is 1.68. The summed E-state index contributed by atoms with van der Waals surface area (Å²) >= 11 is 0. The third-order valence-corrected chi connectivity index (χ3v) is 2.45. The van der Waals surface area contributed by atoms with Gasteiger partial charge in [0, 0.05) is 6.42 Å². The van der Waals surface area contributed by atoms with Crippen molar-refractivity contribution in [3.8, 4) is 0 Å². The maximum absolute atomic E-state index is 9.45. The lowest BCUT2D eigenvalue weighted by molar-refractivity contribution is -0.0539. The Morgan fingerprint density at radius 3 is 3.00 bits per heavy atom. The van der Waals surface area contributed by atoms with Gasteiger partial charge in [-0.25, -0.2) is 0 Å². The van der Waals surface area contributed by atoms with Crippen molar-refractivity contribution in [1.29, 1.82) is 0 Å². The molecule has 0 amide bonds. The number of furan rings is 1. The molecule has 1 aromatic rings. The Balaban J connectivity index is 2.12. The average molecular weight is 182 g/mol. The van der Waals surface area contributed by atoms with Crippen molar-refractivity contribution in [2.75, 3.05) is 6.61 Å². The van der Waals surface area contributed by atoms with Gasteiger partial charge in [0.2, 0.25) is 0 Å². The lowest BCUT2D eigenvalue weighted by Gasteiger charge is -2.25. The first-order chi connectivity index (χ1) is 6.27. The third-order valence-electron chi connectivity index (χ3n) is 2.45. The van der Waals surface area contributed by atoms with E-state index in [2.05, 4.69) is 0 Å². The second kappa shape index (κ2) is 3.52. The molecule has 1 aliphatic rings. The van der Waals surface area contributed by atoms with Crippen LogP contribution in [0, 0.1) is 6.92 Å². The second-order valence-electron chi connectivity index (χ2n) is 3.51. The highest BCUT2D eigenvalue weighted by atomic mass is 16.5. The fraction of sp³-hybridized carbons (Fsp3) is 0.600. The summed E-state index contributed by atoms with van der Waals surface area (Å²) in [5, 5.41) is 9.45. The van der Waals surface area contributed by atoms with E-state index < -0.39 is 0 Å². The zero-order valence-electron chi connectivity index (χ0n) is 7.69. The van der Waals surface area contributed by atoms with Crippen LogP contribution in [0.5, 0.6) is 0 Å². The molecular weight excluding hydrogens is 168 g/mol. The Morgan fingerprint density at radius 1 is 1.54 bits per heavy atom. The molecule has 0 spiro atoms.